The summed E-state index contributed by atoms with van der Waals surface area (Å²) in [6, 6.07) is 8.00. The quantitative estimate of drug-likeness (QED) is 0.791. The Bertz CT molecular complexity index is 537. The van der Waals surface area contributed by atoms with Crippen LogP contribution in [0.15, 0.2) is 29.4 Å². The van der Waals surface area contributed by atoms with Crippen LogP contribution in [0.4, 0.5) is 5.95 Å². The molecule has 2 aromatic rings. The molecule has 3 rings (SSSR count). The Morgan fingerprint density at radius 1 is 1.33 bits per heavy atom. The lowest BCUT2D eigenvalue weighted by molar-refractivity contribution is 0.558. The summed E-state index contributed by atoms with van der Waals surface area (Å²) in [6.45, 7) is 2.25. The zero-order valence-corrected chi connectivity index (χ0v) is 10.6. The zero-order valence-electron chi connectivity index (χ0n) is 10.6. The number of aromatic amines is 1. The summed E-state index contributed by atoms with van der Waals surface area (Å²) in [5, 5.41) is 4.50. The minimum atomic E-state index is 0.593. The average Bonchev–Trinajstić information content (AvgIpc) is 2.80. The molecule has 1 aliphatic rings. The normalized spacial score (nSPS) is 22.5. The Kier molecular flexibility index (Phi) is 3.00. The number of imidazole rings is 1. The first-order chi connectivity index (χ1) is 8.83. The third-order valence-electron chi connectivity index (χ3n) is 3.58. The van der Waals surface area contributed by atoms with E-state index in [0.29, 0.717) is 5.92 Å². The van der Waals surface area contributed by atoms with Gasteiger partial charge in [0.15, 0.2) is 0 Å². The number of benzene rings is 1. The molecule has 0 spiro atoms. The van der Waals surface area contributed by atoms with E-state index in [0.717, 1.165) is 23.4 Å². The number of hydrogen-bond donors (Lipinski definition) is 2. The number of aromatic nitrogens is 2. The highest BCUT2D eigenvalue weighted by molar-refractivity contribution is 5.87. The molecular weight excluding hydrogens is 224 g/mol. The van der Waals surface area contributed by atoms with Gasteiger partial charge in [-0.05, 0) is 37.3 Å². The maximum absolute atomic E-state index is 4.50. The number of hydrogen-bond acceptors (Lipinski definition) is 3. The standard InChI is InChI=1S/C14H18N4/c1-10-6-2-3-7-11(10)17-18-14-15-12-8-4-5-9-13(12)16-14/h4-5,8-10H,2-3,6-7H2,1H3,(H2,15,16,18)/b17-11-. The Balaban J connectivity index is 1.77. The van der Waals surface area contributed by atoms with Gasteiger partial charge in [-0.2, -0.15) is 5.10 Å². The van der Waals surface area contributed by atoms with Crippen LogP contribution in [0.1, 0.15) is 32.6 Å². The van der Waals surface area contributed by atoms with E-state index in [1.54, 1.807) is 0 Å². The molecule has 4 heteroatoms. The lowest BCUT2D eigenvalue weighted by Crippen LogP contribution is -2.17. The summed E-state index contributed by atoms with van der Waals surface area (Å²) in [4.78, 5) is 7.67. The highest BCUT2D eigenvalue weighted by Gasteiger charge is 2.15. The van der Waals surface area contributed by atoms with Gasteiger partial charge >= 0.3 is 0 Å². The number of anilines is 1. The number of fused-ring (bicyclic) bond motifs is 1. The van der Waals surface area contributed by atoms with E-state index < -0.39 is 0 Å². The second-order valence-electron chi connectivity index (χ2n) is 4.96. The molecule has 1 aromatic heterocycles. The average molecular weight is 242 g/mol. The molecule has 2 N–H and O–H groups in total. The zero-order chi connectivity index (χ0) is 12.4. The van der Waals surface area contributed by atoms with E-state index in [2.05, 4.69) is 27.4 Å². The number of nitrogens with zero attached hydrogens (tertiary/aromatic N) is 2. The van der Waals surface area contributed by atoms with Crippen molar-refractivity contribution in [2.24, 2.45) is 11.0 Å². The lowest BCUT2D eigenvalue weighted by Gasteiger charge is -2.19. The molecule has 1 saturated carbocycles. The van der Waals surface area contributed by atoms with Crippen molar-refractivity contribution in [3.63, 3.8) is 0 Å². The number of nitrogens with one attached hydrogen (secondary N) is 2. The molecule has 1 aliphatic carbocycles. The fourth-order valence-corrected chi connectivity index (χ4v) is 2.47. The van der Waals surface area contributed by atoms with E-state index in [1.165, 1.54) is 25.0 Å². The Labute approximate surface area is 107 Å². The van der Waals surface area contributed by atoms with Crippen LogP contribution in [0.3, 0.4) is 0 Å². The van der Waals surface area contributed by atoms with Crippen LogP contribution in [-0.4, -0.2) is 15.7 Å². The Morgan fingerprint density at radius 3 is 3.06 bits per heavy atom. The van der Waals surface area contributed by atoms with Crippen molar-refractivity contribution < 1.29 is 0 Å². The van der Waals surface area contributed by atoms with Crippen molar-refractivity contribution >= 4 is 22.7 Å². The molecule has 0 radical (unpaired) electrons. The van der Waals surface area contributed by atoms with Gasteiger partial charge in [0, 0.05) is 5.71 Å². The van der Waals surface area contributed by atoms with Gasteiger partial charge in [-0.25, -0.2) is 10.4 Å². The lowest BCUT2D eigenvalue weighted by atomic mass is 9.89. The minimum Gasteiger partial charge on any atom is -0.323 e. The highest BCUT2D eigenvalue weighted by atomic mass is 15.4. The molecule has 1 aromatic carbocycles. The van der Waals surface area contributed by atoms with E-state index in [-0.39, 0.29) is 0 Å². The molecule has 0 bridgehead atoms. The SMILES string of the molecule is CC1CCCC/C1=N/Nc1nc2ccccc2[nH]1. The second kappa shape index (κ2) is 4.80. The molecule has 18 heavy (non-hydrogen) atoms. The van der Waals surface area contributed by atoms with Crippen LogP contribution in [-0.2, 0) is 0 Å². The number of rotatable bonds is 2. The van der Waals surface area contributed by atoms with E-state index >= 15 is 0 Å². The fraction of sp³-hybridized carbons (Fsp3) is 0.429. The first kappa shape index (κ1) is 11.3. The van der Waals surface area contributed by atoms with Gasteiger partial charge in [0.1, 0.15) is 0 Å². The summed E-state index contributed by atoms with van der Waals surface area (Å²) in [6.07, 6.45) is 4.94. The maximum Gasteiger partial charge on any atom is 0.222 e. The van der Waals surface area contributed by atoms with Crippen molar-refractivity contribution in [1.29, 1.82) is 0 Å². The van der Waals surface area contributed by atoms with Crippen LogP contribution in [0.5, 0.6) is 0 Å². The molecule has 1 unspecified atom stereocenters. The van der Waals surface area contributed by atoms with Gasteiger partial charge < -0.3 is 4.98 Å². The molecule has 0 aliphatic heterocycles. The minimum absolute atomic E-state index is 0.593. The first-order valence-electron chi connectivity index (χ1n) is 6.60. The fourth-order valence-electron chi connectivity index (χ4n) is 2.47. The molecule has 0 amide bonds. The number of H-pyrrole nitrogens is 1. The molecule has 4 nitrogen and oxygen atoms in total. The van der Waals surface area contributed by atoms with Crippen molar-refractivity contribution in [3.05, 3.63) is 24.3 Å². The van der Waals surface area contributed by atoms with Crippen LogP contribution < -0.4 is 5.43 Å². The molecular formula is C14H18N4. The Morgan fingerprint density at radius 2 is 2.22 bits per heavy atom. The molecule has 0 saturated heterocycles. The summed E-state index contributed by atoms with van der Waals surface area (Å²) < 4.78 is 0. The van der Waals surface area contributed by atoms with Gasteiger partial charge in [0.25, 0.3) is 0 Å². The van der Waals surface area contributed by atoms with Gasteiger partial charge in [-0.1, -0.05) is 25.5 Å². The molecule has 1 atom stereocenters. The monoisotopic (exact) mass is 242 g/mol. The second-order valence-corrected chi connectivity index (χ2v) is 4.96. The van der Waals surface area contributed by atoms with Crippen molar-refractivity contribution in [1.82, 2.24) is 9.97 Å². The molecule has 1 heterocycles. The summed E-state index contributed by atoms with van der Waals surface area (Å²) >= 11 is 0. The third kappa shape index (κ3) is 2.23. The smallest absolute Gasteiger partial charge is 0.222 e. The molecule has 94 valence electrons. The largest absolute Gasteiger partial charge is 0.323 e. The van der Waals surface area contributed by atoms with Crippen LogP contribution in [0.25, 0.3) is 11.0 Å². The first-order valence-corrected chi connectivity index (χ1v) is 6.60. The summed E-state index contributed by atoms with van der Waals surface area (Å²) in [5.74, 6) is 1.32. The summed E-state index contributed by atoms with van der Waals surface area (Å²) in [5.41, 5.74) is 6.33. The van der Waals surface area contributed by atoms with Gasteiger partial charge in [0.2, 0.25) is 5.95 Å². The number of para-hydroxylation sites is 2. The Hall–Kier alpha value is -1.84. The van der Waals surface area contributed by atoms with Crippen LogP contribution >= 0.6 is 0 Å². The van der Waals surface area contributed by atoms with E-state index in [1.807, 2.05) is 24.3 Å². The van der Waals surface area contributed by atoms with Crippen LogP contribution in [0.2, 0.25) is 0 Å². The van der Waals surface area contributed by atoms with Crippen molar-refractivity contribution in [2.45, 2.75) is 32.6 Å². The highest BCUT2D eigenvalue weighted by Crippen LogP contribution is 2.21. The summed E-state index contributed by atoms with van der Waals surface area (Å²) in [7, 11) is 0. The van der Waals surface area contributed by atoms with Gasteiger partial charge in [-0.15, -0.1) is 0 Å². The van der Waals surface area contributed by atoms with E-state index in [9.17, 15) is 0 Å². The van der Waals surface area contributed by atoms with Crippen molar-refractivity contribution in [2.75, 3.05) is 5.43 Å². The number of hydrazone groups is 1. The van der Waals surface area contributed by atoms with Gasteiger partial charge in [0.05, 0.1) is 11.0 Å². The van der Waals surface area contributed by atoms with Gasteiger partial charge in [-0.3, -0.25) is 0 Å². The topological polar surface area (TPSA) is 53.1 Å². The van der Waals surface area contributed by atoms with Crippen LogP contribution in [0, 0.1) is 5.92 Å². The predicted octanol–water partition coefficient (Wildman–Crippen LogP) is 3.54. The third-order valence-corrected chi connectivity index (χ3v) is 3.58. The van der Waals surface area contributed by atoms with Crippen molar-refractivity contribution in [3.8, 4) is 0 Å². The maximum atomic E-state index is 4.50. The van der Waals surface area contributed by atoms with E-state index in [4.69, 9.17) is 0 Å². The molecule has 1 fully saturated rings. The predicted molar refractivity (Wildman–Crippen MR) is 74.8 cm³/mol.